The number of anilines is 4. The van der Waals surface area contributed by atoms with Crippen molar-refractivity contribution >= 4 is 45.1 Å². The first-order valence-electron chi connectivity index (χ1n) is 14.1. The van der Waals surface area contributed by atoms with Gasteiger partial charge < -0.3 is 25.3 Å². The van der Waals surface area contributed by atoms with Gasteiger partial charge in [0.2, 0.25) is 0 Å². The van der Waals surface area contributed by atoms with Crippen LogP contribution >= 0.6 is 0 Å². The molecule has 6 rings (SSSR count). The molecule has 0 radical (unpaired) electrons. The second kappa shape index (κ2) is 11.6. The molecule has 0 aliphatic carbocycles. The van der Waals surface area contributed by atoms with Gasteiger partial charge in [-0.2, -0.15) is 5.10 Å². The van der Waals surface area contributed by atoms with E-state index in [0.717, 1.165) is 47.3 Å². The highest BCUT2D eigenvalue weighted by Crippen LogP contribution is 2.37. The largest absolute Gasteiger partial charge is 0.377 e. The average molecular weight is 600 g/mol. The van der Waals surface area contributed by atoms with Gasteiger partial charge in [-0.25, -0.2) is 13.4 Å². The van der Waals surface area contributed by atoms with E-state index in [1.165, 1.54) is 18.3 Å². The fourth-order valence-electron chi connectivity index (χ4n) is 5.68. The molecular formula is C31H33N7O4S. The number of rotatable bonds is 7. The van der Waals surface area contributed by atoms with Crippen LogP contribution in [0.25, 0.3) is 11.1 Å². The van der Waals surface area contributed by atoms with Crippen molar-refractivity contribution in [3.8, 4) is 11.1 Å². The molecule has 1 amide bonds. The van der Waals surface area contributed by atoms with Gasteiger partial charge in [-0.3, -0.25) is 9.89 Å². The Morgan fingerprint density at radius 2 is 2.02 bits per heavy atom. The van der Waals surface area contributed by atoms with Crippen LogP contribution in [0.3, 0.4) is 0 Å². The fraction of sp³-hybridized carbons (Fsp3) is 0.290. The number of morpholine rings is 1. The van der Waals surface area contributed by atoms with Gasteiger partial charge in [0, 0.05) is 48.4 Å². The molecule has 12 heteroatoms. The topological polar surface area (TPSA) is 144 Å². The van der Waals surface area contributed by atoms with Crippen LogP contribution in [0.4, 0.5) is 23.1 Å². The van der Waals surface area contributed by atoms with E-state index in [-0.39, 0.29) is 16.8 Å². The molecule has 0 bridgehead atoms. The minimum absolute atomic E-state index is 0.118. The maximum atomic E-state index is 13.6. The summed E-state index contributed by atoms with van der Waals surface area (Å²) in [4.78, 5) is 22.6. The first-order valence-corrected chi connectivity index (χ1v) is 16.0. The lowest BCUT2D eigenvalue weighted by molar-refractivity contribution is 0.0983. The lowest BCUT2D eigenvalue weighted by Crippen LogP contribution is -2.44. The second-order valence-corrected chi connectivity index (χ2v) is 12.9. The lowest BCUT2D eigenvalue weighted by atomic mass is 9.93. The number of H-pyrrole nitrogens is 1. The van der Waals surface area contributed by atoms with E-state index in [4.69, 9.17) is 15.1 Å². The number of aromatic amines is 1. The molecule has 1 saturated heterocycles. The molecule has 222 valence electrons. The summed E-state index contributed by atoms with van der Waals surface area (Å²) in [6.45, 7) is 4.54. The SMILES string of the molecule is C[C@@H]1COCCN1c1cc(-c2ccc3c(c2)CCCN3C(=O)c2cccc(S(C)(=O)=O)c2)c(C=N)c(Nc2ccn[nH]2)n1. The predicted molar refractivity (Wildman–Crippen MR) is 167 cm³/mol. The number of benzene rings is 2. The Bertz CT molecular complexity index is 1790. The van der Waals surface area contributed by atoms with Crippen molar-refractivity contribution in [3.63, 3.8) is 0 Å². The third-order valence-electron chi connectivity index (χ3n) is 7.87. The van der Waals surface area contributed by atoms with Crippen LogP contribution in [-0.4, -0.2) is 74.3 Å². The molecule has 1 fully saturated rings. The quantitative estimate of drug-likeness (QED) is 0.265. The monoisotopic (exact) mass is 599 g/mol. The molecular weight excluding hydrogens is 566 g/mol. The minimum atomic E-state index is -3.44. The van der Waals surface area contributed by atoms with E-state index in [1.807, 2.05) is 18.2 Å². The number of carbonyl (C=O) groups is 1. The molecule has 4 heterocycles. The van der Waals surface area contributed by atoms with E-state index in [1.54, 1.807) is 29.3 Å². The number of nitrogens with zero attached hydrogens (tertiary/aromatic N) is 4. The number of hydrogen-bond donors (Lipinski definition) is 3. The molecule has 11 nitrogen and oxygen atoms in total. The second-order valence-electron chi connectivity index (χ2n) is 10.9. The first-order chi connectivity index (χ1) is 20.7. The highest BCUT2D eigenvalue weighted by Gasteiger charge is 2.27. The number of nitrogens with one attached hydrogen (secondary N) is 3. The predicted octanol–water partition coefficient (Wildman–Crippen LogP) is 4.43. The first kappa shape index (κ1) is 28.6. The number of amides is 1. The minimum Gasteiger partial charge on any atom is -0.377 e. The number of fused-ring (bicyclic) bond motifs is 1. The van der Waals surface area contributed by atoms with E-state index in [9.17, 15) is 13.2 Å². The Morgan fingerprint density at radius 3 is 2.77 bits per heavy atom. The number of ether oxygens (including phenoxy) is 1. The Labute approximate surface area is 250 Å². The highest BCUT2D eigenvalue weighted by molar-refractivity contribution is 7.90. The Kier molecular flexibility index (Phi) is 7.72. The van der Waals surface area contributed by atoms with Crippen LogP contribution in [0.5, 0.6) is 0 Å². The average Bonchev–Trinajstić information content (AvgIpc) is 3.53. The normalized spacial score (nSPS) is 16.9. The van der Waals surface area contributed by atoms with Crippen LogP contribution in [-0.2, 0) is 21.0 Å². The zero-order valence-electron chi connectivity index (χ0n) is 24.0. The number of aromatic nitrogens is 3. The Morgan fingerprint density at radius 1 is 1.16 bits per heavy atom. The zero-order valence-corrected chi connectivity index (χ0v) is 24.8. The summed E-state index contributed by atoms with van der Waals surface area (Å²) in [5, 5.41) is 18.6. The smallest absolute Gasteiger partial charge is 0.258 e. The van der Waals surface area contributed by atoms with Gasteiger partial charge in [-0.15, -0.1) is 0 Å². The number of aryl methyl sites for hydroxylation is 1. The fourth-order valence-corrected chi connectivity index (χ4v) is 6.35. The Balaban J connectivity index is 1.41. The van der Waals surface area contributed by atoms with E-state index in [0.29, 0.717) is 49.1 Å². The maximum absolute atomic E-state index is 13.6. The number of pyridine rings is 1. The molecule has 2 aromatic carbocycles. The van der Waals surface area contributed by atoms with Crippen LogP contribution < -0.4 is 15.1 Å². The van der Waals surface area contributed by atoms with Gasteiger partial charge >= 0.3 is 0 Å². The van der Waals surface area contributed by atoms with Crippen LogP contribution in [0.1, 0.15) is 34.8 Å². The van der Waals surface area contributed by atoms with Crippen molar-refractivity contribution in [1.29, 1.82) is 5.41 Å². The molecule has 0 unspecified atom stereocenters. The van der Waals surface area contributed by atoms with Crippen molar-refractivity contribution in [3.05, 3.63) is 77.5 Å². The van der Waals surface area contributed by atoms with E-state index in [2.05, 4.69) is 33.4 Å². The molecule has 0 spiro atoms. The molecule has 2 aliphatic rings. The maximum Gasteiger partial charge on any atom is 0.258 e. The molecule has 43 heavy (non-hydrogen) atoms. The van der Waals surface area contributed by atoms with Crippen molar-refractivity contribution < 1.29 is 17.9 Å². The van der Waals surface area contributed by atoms with Gasteiger partial charge in [0.05, 0.1) is 30.3 Å². The van der Waals surface area contributed by atoms with Crippen LogP contribution in [0.15, 0.2) is 65.7 Å². The van der Waals surface area contributed by atoms with Crippen molar-refractivity contribution in [2.75, 3.05) is 47.7 Å². The Hall–Kier alpha value is -4.55. The summed E-state index contributed by atoms with van der Waals surface area (Å²) >= 11 is 0. The van der Waals surface area contributed by atoms with Crippen molar-refractivity contribution in [2.45, 2.75) is 30.7 Å². The molecule has 2 aromatic heterocycles. The van der Waals surface area contributed by atoms with Gasteiger partial charge in [0.1, 0.15) is 17.5 Å². The molecule has 4 aromatic rings. The molecule has 0 saturated carbocycles. The third-order valence-corrected chi connectivity index (χ3v) is 8.98. The van der Waals surface area contributed by atoms with Gasteiger partial charge in [-0.1, -0.05) is 12.1 Å². The summed E-state index contributed by atoms with van der Waals surface area (Å²) < 4.78 is 29.9. The zero-order chi connectivity index (χ0) is 30.1. The summed E-state index contributed by atoms with van der Waals surface area (Å²) in [6.07, 6.45) is 5.64. The number of carbonyl (C=O) groups excluding carboxylic acids is 1. The van der Waals surface area contributed by atoms with E-state index >= 15 is 0 Å². The lowest BCUT2D eigenvalue weighted by Gasteiger charge is -2.35. The third kappa shape index (κ3) is 5.75. The van der Waals surface area contributed by atoms with Crippen LogP contribution in [0.2, 0.25) is 0 Å². The standard InChI is InChI=1S/C31H33N7O4S/c1-20-19-42-14-13-37(20)29-17-25(26(18-32)30(35-29)34-28-10-11-33-36-28)21-8-9-27-22(15-21)6-4-12-38(27)31(39)23-5-3-7-24(16-23)43(2,40)41/h3,5,7-11,15-18,20,32H,4,6,12-14,19H2,1-2H3,(H2,33,34,35,36)/t20-/m1/s1. The van der Waals surface area contributed by atoms with Crippen molar-refractivity contribution in [2.24, 2.45) is 0 Å². The van der Waals surface area contributed by atoms with Gasteiger partial charge in [-0.05, 0) is 72.9 Å². The van der Waals surface area contributed by atoms with Crippen LogP contribution in [0, 0.1) is 5.41 Å². The van der Waals surface area contributed by atoms with Crippen molar-refractivity contribution in [1.82, 2.24) is 15.2 Å². The molecule has 3 N–H and O–H groups in total. The number of sulfone groups is 1. The molecule has 1 atom stereocenters. The summed E-state index contributed by atoms with van der Waals surface area (Å²) in [6, 6.07) is 16.1. The summed E-state index contributed by atoms with van der Waals surface area (Å²) in [5.74, 6) is 1.73. The van der Waals surface area contributed by atoms with Gasteiger partial charge in [0.25, 0.3) is 5.91 Å². The summed E-state index contributed by atoms with van der Waals surface area (Å²) in [5.41, 5.74) is 4.51. The van der Waals surface area contributed by atoms with Gasteiger partial charge in [0.15, 0.2) is 9.84 Å². The molecule has 2 aliphatic heterocycles. The number of hydrogen-bond acceptors (Lipinski definition) is 9. The van der Waals surface area contributed by atoms with E-state index < -0.39 is 9.84 Å². The highest BCUT2D eigenvalue weighted by atomic mass is 32.2. The summed E-state index contributed by atoms with van der Waals surface area (Å²) in [7, 11) is -3.44.